The lowest BCUT2D eigenvalue weighted by Crippen LogP contribution is -2.40. The van der Waals surface area contributed by atoms with Crippen LogP contribution in [0.15, 0.2) is 108 Å². The summed E-state index contributed by atoms with van der Waals surface area (Å²) in [5.74, 6) is 1.36. The number of anilines is 1. The van der Waals surface area contributed by atoms with E-state index in [0.717, 1.165) is 55.6 Å². The number of aliphatic hydroxyl groups is 1. The van der Waals surface area contributed by atoms with E-state index in [9.17, 15) is 9.90 Å². The lowest BCUT2D eigenvalue weighted by molar-refractivity contribution is 0.0577. The van der Waals surface area contributed by atoms with Gasteiger partial charge in [-0.05, 0) is 62.2 Å². The van der Waals surface area contributed by atoms with Crippen molar-refractivity contribution in [3.63, 3.8) is 0 Å². The molecule has 50 heavy (non-hydrogen) atoms. The summed E-state index contributed by atoms with van der Waals surface area (Å²) >= 11 is 0. The maximum Gasteiger partial charge on any atom is 0.275 e. The van der Waals surface area contributed by atoms with Gasteiger partial charge in [0.1, 0.15) is 11.3 Å². The average molecular weight is 666 g/mol. The standard InChI is InChI=1S/C40H39N7O3/c1-26-10-13-30(14-11-26)46-17-16-31-33(23-44(4)39(48)36(31)46)28-12-15-34-32(20-28)38(47-18-19-50-24-35(47)27-8-6-5-7-9-27)43-37(42-34)29-21-41-45(22-29)25-40(2,3)49/h5-17,20-23,35,49H,18-19,24-25H2,1-4H3/t35-/m1/s1. The highest BCUT2D eigenvalue weighted by Crippen LogP contribution is 2.38. The Morgan fingerprint density at radius 2 is 1.74 bits per heavy atom. The van der Waals surface area contributed by atoms with Crippen LogP contribution in [-0.4, -0.2) is 59.3 Å². The number of aromatic nitrogens is 6. The number of rotatable bonds is 7. The lowest BCUT2D eigenvalue weighted by atomic mass is 10.0. The first-order chi connectivity index (χ1) is 24.1. The molecule has 7 aromatic rings. The monoisotopic (exact) mass is 665 g/mol. The van der Waals surface area contributed by atoms with E-state index >= 15 is 0 Å². The third kappa shape index (κ3) is 5.86. The largest absolute Gasteiger partial charge is 0.389 e. The van der Waals surface area contributed by atoms with Crippen LogP contribution in [0.1, 0.15) is 31.0 Å². The zero-order chi connectivity index (χ0) is 34.6. The molecule has 5 heterocycles. The molecule has 252 valence electrons. The van der Waals surface area contributed by atoms with E-state index in [0.29, 0.717) is 37.6 Å². The van der Waals surface area contributed by atoms with Crippen LogP contribution in [0.3, 0.4) is 0 Å². The van der Waals surface area contributed by atoms with Gasteiger partial charge >= 0.3 is 0 Å². The van der Waals surface area contributed by atoms with Crippen LogP contribution in [-0.2, 0) is 18.3 Å². The first-order valence-electron chi connectivity index (χ1n) is 16.9. The van der Waals surface area contributed by atoms with Crippen molar-refractivity contribution in [1.82, 2.24) is 28.9 Å². The fourth-order valence-corrected chi connectivity index (χ4v) is 6.91. The van der Waals surface area contributed by atoms with E-state index < -0.39 is 5.60 Å². The molecule has 1 aliphatic heterocycles. The van der Waals surface area contributed by atoms with Gasteiger partial charge in [-0.3, -0.25) is 9.48 Å². The van der Waals surface area contributed by atoms with Crippen LogP contribution >= 0.6 is 0 Å². The van der Waals surface area contributed by atoms with E-state index in [2.05, 4.69) is 65.5 Å². The van der Waals surface area contributed by atoms with Crippen LogP contribution in [0, 0.1) is 6.92 Å². The molecular weight excluding hydrogens is 626 g/mol. The molecule has 4 aromatic heterocycles. The maximum absolute atomic E-state index is 13.6. The summed E-state index contributed by atoms with van der Waals surface area (Å²) < 4.78 is 11.4. The number of fused-ring (bicyclic) bond motifs is 2. The Labute approximate surface area is 289 Å². The number of pyridine rings is 1. The van der Waals surface area contributed by atoms with Gasteiger partial charge in [-0.15, -0.1) is 0 Å². The van der Waals surface area contributed by atoms with Gasteiger partial charge in [-0.2, -0.15) is 5.10 Å². The van der Waals surface area contributed by atoms with Gasteiger partial charge in [0.15, 0.2) is 5.82 Å². The average Bonchev–Trinajstić information content (AvgIpc) is 3.77. The summed E-state index contributed by atoms with van der Waals surface area (Å²) in [6.07, 6.45) is 7.52. The van der Waals surface area contributed by atoms with Gasteiger partial charge in [0.25, 0.3) is 5.56 Å². The van der Waals surface area contributed by atoms with Gasteiger partial charge in [0.05, 0.1) is 48.7 Å². The highest BCUT2D eigenvalue weighted by atomic mass is 16.5. The summed E-state index contributed by atoms with van der Waals surface area (Å²) in [6, 6.07) is 26.8. The number of aryl methyl sites for hydroxylation is 2. The third-order valence-corrected chi connectivity index (χ3v) is 9.35. The zero-order valence-corrected chi connectivity index (χ0v) is 28.6. The summed E-state index contributed by atoms with van der Waals surface area (Å²) in [7, 11) is 1.80. The molecule has 10 heteroatoms. The normalized spacial score (nSPS) is 15.3. The van der Waals surface area contributed by atoms with E-state index in [1.807, 2.05) is 53.5 Å². The topological polar surface area (TPSA) is 103 Å². The Kier molecular flexibility index (Phi) is 7.85. The van der Waals surface area contributed by atoms with Crippen molar-refractivity contribution in [1.29, 1.82) is 0 Å². The predicted molar refractivity (Wildman–Crippen MR) is 197 cm³/mol. The van der Waals surface area contributed by atoms with Crippen molar-refractivity contribution < 1.29 is 9.84 Å². The molecular formula is C40H39N7O3. The van der Waals surface area contributed by atoms with E-state index in [4.69, 9.17) is 14.7 Å². The van der Waals surface area contributed by atoms with Crippen LogP contribution in [0.5, 0.6) is 0 Å². The van der Waals surface area contributed by atoms with Crippen LogP contribution < -0.4 is 10.5 Å². The first kappa shape index (κ1) is 31.7. The summed E-state index contributed by atoms with van der Waals surface area (Å²) in [5.41, 5.74) is 6.35. The molecule has 0 bridgehead atoms. The number of hydrogen-bond donors (Lipinski definition) is 1. The molecule has 1 aliphatic rings. The fraction of sp³-hybridized carbons (Fsp3) is 0.250. The minimum atomic E-state index is -0.917. The van der Waals surface area contributed by atoms with E-state index in [-0.39, 0.29) is 11.6 Å². The van der Waals surface area contributed by atoms with Crippen LogP contribution in [0.4, 0.5) is 5.82 Å². The SMILES string of the molecule is Cc1ccc(-n2ccc3c(-c4ccc5nc(-c6cnn(CC(C)(C)O)c6)nc(N6CCOC[C@@H]6c6ccccc6)c5c4)cn(C)c(=O)c32)cc1. The number of morpholine rings is 1. The van der Waals surface area contributed by atoms with E-state index in [1.54, 1.807) is 36.3 Å². The summed E-state index contributed by atoms with van der Waals surface area (Å²) in [4.78, 5) is 26.2. The number of nitrogens with zero attached hydrogens (tertiary/aromatic N) is 7. The molecule has 1 fully saturated rings. The van der Waals surface area contributed by atoms with Crippen molar-refractivity contribution in [3.05, 3.63) is 125 Å². The molecule has 0 unspecified atom stereocenters. The van der Waals surface area contributed by atoms with Crippen LogP contribution in [0.2, 0.25) is 0 Å². The van der Waals surface area contributed by atoms with Gasteiger partial charge in [-0.1, -0.05) is 54.1 Å². The molecule has 0 saturated carbocycles. The van der Waals surface area contributed by atoms with Gasteiger partial charge < -0.3 is 23.9 Å². The Balaban J connectivity index is 1.31. The second kappa shape index (κ2) is 12.4. The van der Waals surface area contributed by atoms with Gasteiger partial charge in [-0.25, -0.2) is 9.97 Å². The fourth-order valence-electron chi connectivity index (χ4n) is 6.91. The Morgan fingerprint density at radius 1 is 0.940 bits per heavy atom. The van der Waals surface area contributed by atoms with Gasteiger partial charge in [0.2, 0.25) is 0 Å². The third-order valence-electron chi connectivity index (χ3n) is 9.35. The highest BCUT2D eigenvalue weighted by molar-refractivity contribution is 6.00. The van der Waals surface area contributed by atoms with Gasteiger partial charge in [0, 0.05) is 54.2 Å². The smallest absolute Gasteiger partial charge is 0.275 e. The quantitative estimate of drug-likeness (QED) is 0.209. The summed E-state index contributed by atoms with van der Waals surface area (Å²) in [6.45, 7) is 7.67. The van der Waals surface area contributed by atoms with Crippen molar-refractivity contribution in [2.75, 3.05) is 24.7 Å². The first-order valence-corrected chi connectivity index (χ1v) is 16.9. The maximum atomic E-state index is 13.6. The predicted octanol–water partition coefficient (Wildman–Crippen LogP) is 6.46. The second-order valence-corrected chi connectivity index (χ2v) is 13.8. The summed E-state index contributed by atoms with van der Waals surface area (Å²) in [5, 5.41) is 16.7. The molecule has 8 rings (SSSR count). The highest BCUT2D eigenvalue weighted by Gasteiger charge is 2.29. The molecule has 1 saturated heterocycles. The van der Waals surface area contributed by atoms with Crippen molar-refractivity contribution in [2.45, 2.75) is 39.0 Å². The van der Waals surface area contributed by atoms with Crippen molar-refractivity contribution in [3.8, 4) is 28.2 Å². The second-order valence-electron chi connectivity index (χ2n) is 13.8. The minimum Gasteiger partial charge on any atom is -0.389 e. The molecule has 1 N–H and O–H groups in total. The molecule has 0 radical (unpaired) electrons. The molecule has 10 nitrogen and oxygen atoms in total. The molecule has 3 aromatic carbocycles. The molecule has 0 spiro atoms. The van der Waals surface area contributed by atoms with Crippen molar-refractivity contribution >= 4 is 27.6 Å². The Hall–Kier alpha value is -5.58. The zero-order valence-electron chi connectivity index (χ0n) is 28.6. The van der Waals surface area contributed by atoms with Crippen LogP contribution in [0.25, 0.3) is 50.0 Å². The van der Waals surface area contributed by atoms with Crippen molar-refractivity contribution in [2.24, 2.45) is 7.05 Å². The Bertz CT molecular complexity index is 2400. The van der Waals surface area contributed by atoms with E-state index in [1.165, 1.54) is 0 Å². The number of benzene rings is 3. The Morgan fingerprint density at radius 3 is 2.52 bits per heavy atom. The minimum absolute atomic E-state index is 0.0507. The number of ether oxygens (including phenoxy) is 1. The molecule has 1 atom stereocenters. The lowest BCUT2D eigenvalue weighted by Gasteiger charge is -2.37. The molecule has 0 aliphatic carbocycles. The molecule has 0 amide bonds. The number of hydrogen-bond acceptors (Lipinski definition) is 7.